The van der Waals surface area contributed by atoms with Gasteiger partial charge in [-0.1, -0.05) is 19.1 Å². The number of hydrogen-bond acceptors (Lipinski definition) is 4. The molecule has 0 aliphatic carbocycles. The predicted molar refractivity (Wildman–Crippen MR) is 67.2 cm³/mol. The first-order chi connectivity index (χ1) is 8.64. The average Bonchev–Trinajstić information content (AvgIpc) is 2.41. The number of hydrogen-bond donors (Lipinski definition) is 0. The summed E-state index contributed by atoms with van der Waals surface area (Å²) in [6.45, 7) is 3.77. The Morgan fingerprint density at radius 2 is 2.17 bits per heavy atom. The molecule has 0 radical (unpaired) electrons. The topological polar surface area (TPSA) is 59.3 Å². The first-order valence-electron chi connectivity index (χ1n) is 5.87. The third kappa shape index (κ3) is 2.45. The van der Waals surface area contributed by atoms with E-state index >= 15 is 0 Å². The van der Waals surface area contributed by atoms with Gasteiger partial charge in [-0.2, -0.15) is 5.26 Å². The molecule has 0 spiro atoms. The van der Waals surface area contributed by atoms with Crippen LogP contribution in [-0.4, -0.2) is 19.7 Å². The summed E-state index contributed by atoms with van der Waals surface area (Å²) < 4.78 is 10.1. The van der Waals surface area contributed by atoms with Gasteiger partial charge in [-0.15, -0.1) is 0 Å². The van der Waals surface area contributed by atoms with Crippen molar-refractivity contribution >= 4 is 5.97 Å². The smallest absolute Gasteiger partial charge is 0.331 e. The Hall–Kier alpha value is -2.02. The lowest BCUT2D eigenvalue weighted by atomic mass is 9.79. The monoisotopic (exact) mass is 247 g/mol. The number of methoxy groups -OCH3 is 1. The first kappa shape index (κ1) is 14.0. The summed E-state index contributed by atoms with van der Waals surface area (Å²) in [4.78, 5) is 12.0. The van der Waals surface area contributed by atoms with E-state index < -0.39 is 11.4 Å². The predicted octanol–water partition coefficient (Wildman–Crippen LogP) is 2.43. The van der Waals surface area contributed by atoms with E-state index in [1.54, 1.807) is 45.2 Å². The second-order valence-electron chi connectivity index (χ2n) is 3.82. The number of carbonyl (C=O) groups excluding carboxylic acids is 1. The summed E-state index contributed by atoms with van der Waals surface area (Å²) in [5, 5.41) is 9.40. The van der Waals surface area contributed by atoms with Gasteiger partial charge in [0.25, 0.3) is 0 Å². The third-order valence-electron chi connectivity index (χ3n) is 2.91. The van der Waals surface area contributed by atoms with Crippen LogP contribution in [0.2, 0.25) is 0 Å². The summed E-state index contributed by atoms with van der Waals surface area (Å²) in [6.07, 6.45) is 0.357. The standard InChI is InChI=1S/C14H17NO3/c1-4-14(10-15,13(16)18-5-2)11-7-6-8-12(9-11)17-3/h6-9H,4-5H2,1-3H3/t14-/m1/s1. The zero-order valence-corrected chi connectivity index (χ0v) is 10.9. The number of rotatable bonds is 5. The number of benzene rings is 1. The minimum Gasteiger partial charge on any atom is -0.497 e. The highest BCUT2D eigenvalue weighted by molar-refractivity contribution is 5.86. The Labute approximate surface area is 107 Å². The maximum atomic E-state index is 12.0. The number of nitrogens with zero attached hydrogens (tertiary/aromatic N) is 1. The van der Waals surface area contributed by atoms with Gasteiger partial charge in [0.15, 0.2) is 5.41 Å². The summed E-state index contributed by atoms with van der Waals surface area (Å²) in [5.41, 5.74) is -0.657. The highest BCUT2D eigenvalue weighted by Gasteiger charge is 2.40. The molecule has 0 amide bonds. The summed E-state index contributed by atoms with van der Waals surface area (Å²) in [7, 11) is 1.55. The molecule has 4 heteroatoms. The molecule has 96 valence electrons. The van der Waals surface area contributed by atoms with E-state index in [0.29, 0.717) is 17.7 Å². The molecule has 1 aromatic carbocycles. The second-order valence-corrected chi connectivity index (χ2v) is 3.82. The lowest BCUT2D eigenvalue weighted by Gasteiger charge is -2.23. The summed E-state index contributed by atoms with van der Waals surface area (Å²) in [5.74, 6) is 0.105. The highest BCUT2D eigenvalue weighted by atomic mass is 16.5. The number of carbonyl (C=O) groups is 1. The quantitative estimate of drug-likeness (QED) is 0.750. The molecule has 0 unspecified atom stereocenters. The van der Waals surface area contributed by atoms with Gasteiger partial charge in [-0.3, -0.25) is 0 Å². The normalized spacial score (nSPS) is 13.2. The Kier molecular flexibility index (Phi) is 4.73. The van der Waals surface area contributed by atoms with Crippen molar-refractivity contribution in [3.8, 4) is 11.8 Å². The molecular formula is C14H17NO3. The van der Waals surface area contributed by atoms with Crippen molar-refractivity contribution in [1.82, 2.24) is 0 Å². The fourth-order valence-electron chi connectivity index (χ4n) is 1.80. The van der Waals surface area contributed by atoms with E-state index in [1.807, 2.05) is 0 Å². The summed E-state index contributed by atoms with van der Waals surface area (Å²) in [6, 6.07) is 9.06. The molecule has 1 aromatic rings. The maximum Gasteiger partial charge on any atom is 0.331 e. The molecule has 0 N–H and O–H groups in total. The largest absolute Gasteiger partial charge is 0.497 e. The number of esters is 1. The van der Waals surface area contributed by atoms with Crippen LogP contribution in [0.4, 0.5) is 0 Å². The van der Waals surface area contributed by atoms with E-state index in [4.69, 9.17) is 9.47 Å². The fourth-order valence-corrected chi connectivity index (χ4v) is 1.80. The number of ether oxygens (including phenoxy) is 2. The van der Waals surface area contributed by atoms with Crippen LogP contribution < -0.4 is 4.74 Å². The van der Waals surface area contributed by atoms with Gasteiger partial charge >= 0.3 is 5.97 Å². The molecule has 0 bridgehead atoms. The Morgan fingerprint density at radius 3 is 2.67 bits per heavy atom. The molecule has 0 aliphatic rings. The molecular weight excluding hydrogens is 230 g/mol. The summed E-state index contributed by atoms with van der Waals surface area (Å²) >= 11 is 0. The van der Waals surface area contributed by atoms with Crippen molar-refractivity contribution < 1.29 is 14.3 Å². The van der Waals surface area contributed by atoms with E-state index in [1.165, 1.54) is 0 Å². The first-order valence-corrected chi connectivity index (χ1v) is 5.87. The van der Waals surface area contributed by atoms with Crippen molar-refractivity contribution in [3.63, 3.8) is 0 Å². The molecule has 0 fully saturated rings. The van der Waals surface area contributed by atoms with Crippen LogP contribution in [0.3, 0.4) is 0 Å². The Balaban J connectivity index is 3.26. The van der Waals surface area contributed by atoms with Crippen molar-refractivity contribution in [3.05, 3.63) is 29.8 Å². The van der Waals surface area contributed by atoms with Gasteiger partial charge in [0.05, 0.1) is 19.8 Å². The average molecular weight is 247 g/mol. The van der Waals surface area contributed by atoms with E-state index in [9.17, 15) is 10.1 Å². The lowest BCUT2D eigenvalue weighted by molar-refractivity contribution is -0.148. The van der Waals surface area contributed by atoms with Gasteiger partial charge in [0, 0.05) is 0 Å². The third-order valence-corrected chi connectivity index (χ3v) is 2.91. The van der Waals surface area contributed by atoms with Crippen molar-refractivity contribution in [2.45, 2.75) is 25.7 Å². The van der Waals surface area contributed by atoms with Crippen LogP contribution in [0.25, 0.3) is 0 Å². The molecule has 0 saturated heterocycles. The molecule has 18 heavy (non-hydrogen) atoms. The fraction of sp³-hybridized carbons (Fsp3) is 0.429. The van der Waals surface area contributed by atoms with Crippen LogP contribution >= 0.6 is 0 Å². The van der Waals surface area contributed by atoms with Gasteiger partial charge in [0.1, 0.15) is 5.75 Å². The Morgan fingerprint density at radius 1 is 1.44 bits per heavy atom. The molecule has 1 atom stereocenters. The molecule has 0 saturated carbocycles. The van der Waals surface area contributed by atoms with Crippen molar-refractivity contribution in [1.29, 1.82) is 5.26 Å². The van der Waals surface area contributed by atoms with E-state index in [0.717, 1.165) is 0 Å². The van der Waals surface area contributed by atoms with Gasteiger partial charge < -0.3 is 9.47 Å². The van der Waals surface area contributed by atoms with Crippen LogP contribution in [0.5, 0.6) is 5.75 Å². The zero-order chi connectivity index (χ0) is 13.6. The van der Waals surface area contributed by atoms with Gasteiger partial charge in [0.2, 0.25) is 0 Å². The van der Waals surface area contributed by atoms with E-state index in [2.05, 4.69) is 6.07 Å². The molecule has 0 aliphatic heterocycles. The van der Waals surface area contributed by atoms with Gasteiger partial charge in [-0.25, -0.2) is 4.79 Å². The molecule has 4 nitrogen and oxygen atoms in total. The number of nitriles is 1. The van der Waals surface area contributed by atoms with Gasteiger partial charge in [-0.05, 0) is 31.0 Å². The van der Waals surface area contributed by atoms with Crippen LogP contribution in [-0.2, 0) is 14.9 Å². The molecule has 0 aromatic heterocycles. The van der Waals surface area contributed by atoms with Crippen molar-refractivity contribution in [2.24, 2.45) is 0 Å². The molecule has 1 rings (SSSR count). The zero-order valence-electron chi connectivity index (χ0n) is 10.9. The van der Waals surface area contributed by atoms with Crippen LogP contribution in [0.15, 0.2) is 24.3 Å². The van der Waals surface area contributed by atoms with E-state index in [-0.39, 0.29) is 6.61 Å². The molecule has 0 heterocycles. The Bertz CT molecular complexity index is 464. The van der Waals surface area contributed by atoms with Crippen LogP contribution in [0, 0.1) is 11.3 Å². The second kappa shape index (κ2) is 6.06. The van der Waals surface area contributed by atoms with Crippen LogP contribution in [0.1, 0.15) is 25.8 Å². The minimum atomic E-state index is -1.26. The highest BCUT2D eigenvalue weighted by Crippen LogP contribution is 2.31. The lowest BCUT2D eigenvalue weighted by Crippen LogP contribution is -2.35. The minimum absolute atomic E-state index is 0.256. The SMILES string of the molecule is CCOC(=O)[C@@](C#N)(CC)c1cccc(OC)c1. The maximum absolute atomic E-state index is 12.0. The van der Waals surface area contributed by atoms with Crippen molar-refractivity contribution in [2.75, 3.05) is 13.7 Å².